The van der Waals surface area contributed by atoms with Crippen LogP contribution >= 0.6 is 23.2 Å². The predicted octanol–water partition coefficient (Wildman–Crippen LogP) is 4.38. The van der Waals surface area contributed by atoms with Crippen LogP contribution in [0.3, 0.4) is 0 Å². The first kappa shape index (κ1) is 16.2. The van der Waals surface area contributed by atoms with Gasteiger partial charge in [0, 0.05) is 23.7 Å². The Balaban J connectivity index is 1.63. The van der Waals surface area contributed by atoms with E-state index in [0.29, 0.717) is 16.5 Å². The minimum Gasteiger partial charge on any atom is -0.256 e. The first-order chi connectivity index (χ1) is 12.0. The summed E-state index contributed by atoms with van der Waals surface area (Å²) in [6, 6.07) is 7.71. The molecule has 0 amide bonds. The summed E-state index contributed by atoms with van der Waals surface area (Å²) < 4.78 is 1.84. The Hall–Kier alpha value is -2.24. The summed E-state index contributed by atoms with van der Waals surface area (Å²) in [5.41, 5.74) is 4.29. The topological polar surface area (TPSA) is 56.0 Å². The molecule has 0 aliphatic carbocycles. The number of nitrogens with zero attached hydrogens (tertiary/aromatic N) is 5. The molecule has 3 heterocycles. The van der Waals surface area contributed by atoms with Gasteiger partial charge in [0.2, 0.25) is 0 Å². The molecule has 4 rings (SSSR count). The normalized spacial score (nSPS) is 11.5. The van der Waals surface area contributed by atoms with Crippen molar-refractivity contribution < 1.29 is 0 Å². The number of hydrogen-bond acceptors (Lipinski definition) is 4. The zero-order chi connectivity index (χ0) is 17.6. The molecule has 126 valence electrons. The molecule has 0 aliphatic heterocycles. The van der Waals surface area contributed by atoms with E-state index in [-0.39, 0.29) is 0 Å². The van der Waals surface area contributed by atoms with Gasteiger partial charge in [0.1, 0.15) is 0 Å². The Morgan fingerprint density at radius 1 is 1.00 bits per heavy atom. The van der Waals surface area contributed by atoms with Crippen molar-refractivity contribution in [3.05, 3.63) is 63.4 Å². The Bertz CT molecular complexity index is 1060. The molecule has 0 radical (unpaired) electrons. The molecule has 0 saturated carbocycles. The van der Waals surface area contributed by atoms with Crippen LogP contribution in [-0.4, -0.2) is 24.6 Å². The minimum atomic E-state index is 0.490. The standard InChI is InChI=1S/C18H15Cl2N5/c1-10-9-21-11(2)18-23-15(24-25(10)18)8-6-13-5-3-12-4-7-14(19)16(20)17(12)22-13/h3-5,7,9H,6,8H2,1-2H3. The van der Waals surface area contributed by atoms with Gasteiger partial charge in [0.15, 0.2) is 11.5 Å². The number of aromatic nitrogens is 5. The van der Waals surface area contributed by atoms with Crippen LogP contribution in [0, 0.1) is 13.8 Å². The van der Waals surface area contributed by atoms with Gasteiger partial charge in [-0.05, 0) is 32.4 Å². The molecule has 0 bridgehead atoms. The van der Waals surface area contributed by atoms with Crippen LogP contribution in [0.2, 0.25) is 10.0 Å². The van der Waals surface area contributed by atoms with E-state index in [1.807, 2.05) is 36.6 Å². The lowest BCUT2D eigenvalue weighted by molar-refractivity contribution is 0.808. The molecule has 0 fully saturated rings. The zero-order valence-corrected chi connectivity index (χ0v) is 15.3. The molecule has 0 spiro atoms. The number of hydrogen-bond donors (Lipinski definition) is 0. The molecule has 4 aromatic rings. The summed E-state index contributed by atoms with van der Waals surface area (Å²) in [7, 11) is 0. The van der Waals surface area contributed by atoms with Crippen LogP contribution in [0.15, 0.2) is 30.5 Å². The fourth-order valence-electron chi connectivity index (χ4n) is 2.79. The molecule has 0 atom stereocenters. The van der Waals surface area contributed by atoms with Gasteiger partial charge in [-0.3, -0.25) is 9.97 Å². The van der Waals surface area contributed by atoms with Crippen molar-refractivity contribution in [2.75, 3.05) is 0 Å². The Labute approximate surface area is 154 Å². The van der Waals surface area contributed by atoms with E-state index in [4.69, 9.17) is 23.2 Å². The first-order valence-electron chi connectivity index (χ1n) is 7.94. The Morgan fingerprint density at radius 3 is 2.60 bits per heavy atom. The largest absolute Gasteiger partial charge is 0.256 e. The predicted molar refractivity (Wildman–Crippen MR) is 99.4 cm³/mol. The highest BCUT2D eigenvalue weighted by Gasteiger charge is 2.10. The zero-order valence-electron chi connectivity index (χ0n) is 13.8. The second-order valence-electron chi connectivity index (χ2n) is 5.98. The van der Waals surface area contributed by atoms with Crippen molar-refractivity contribution in [2.24, 2.45) is 0 Å². The highest BCUT2D eigenvalue weighted by atomic mass is 35.5. The number of rotatable bonds is 3. The van der Waals surface area contributed by atoms with E-state index in [9.17, 15) is 0 Å². The van der Waals surface area contributed by atoms with Gasteiger partial charge in [0.05, 0.1) is 26.9 Å². The summed E-state index contributed by atoms with van der Waals surface area (Å²) in [5, 5.41) is 6.55. The van der Waals surface area contributed by atoms with Gasteiger partial charge in [-0.2, -0.15) is 5.10 Å². The smallest absolute Gasteiger partial charge is 0.177 e. The van der Waals surface area contributed by atoms with Crippen LogP contribution in [0.5, 0.6) is 0 Å². The van der Waals surface area contributed by atoms with Gasteiger partial charge in [-0.25, -0.2) is 9.50 Å². The average molecular weight is 372 g/mol. The Morgan fingerprint density at radius 2 is 1.80 bits per heavy atom. The fraction of sp³-hybridized carbons (Fsp3) is 0.222. The van der Waals surface area contributed by atoms with Crippen molar-refractivity contribution in [3.8, 4) is 0 Å². The van der Waals surface area contributed by atoms with Gasteiger partial charge in [-0.15, -0.1) is 0 Å². The maximum Gasteiger partial charge on any atom is 0.177 e. The second-order valence-corrected chi connectivity index (χ2v) is 6.77. The van der Waals surface area contributed by atoms with Crippen LogP contribution in [0.25, 0.3) is 16.6 Å². The summed E-state index contributed by atoms with van der Waals surface area (Å²) >= 11 is 12.4. The van der Waals surface area contributed by atoms with E-state index in [0.717, 1.165) is 45.9 Å². The number of halogens is 2. The van der Waals surface area contributed by atoms with E-state index in [1.165, 1.54) is 0 Å². The van der Waals surface area contributed by atoms with E-state index in [2.05, 4.69) is 20.1 Å². The van der Waals surface area contributed by atoms with Gasteiger partial charge in [-0.1, -0.05) is 35.3 Å². The summed E-state index contributed by atoms with van der Waals surface area (Å²) in [4.78, 5) is 13.6. The molecule has 5 nitrogen and oxygen atoms in total. The number of aryl methyl sites for hydroxylation is 4. The van der Waals surface area contributed by atoms with E-state index < -0.39 is 0 Å². The van der Waals surface area contributed by atoms with Crippen LogP contribution in [0.1, 0.15) is 22.9 Å². The molecule has 25 heavy (non-hydrogen) atoms. The number of benzene rings is 1. The van der Waals surface area contributed by atoms with Gasteiger partial charge >= 0.3 is 0 Å². The van der Waals surface area contributed by atoms with Crippen molar-refractivity contribution in [1.82, 2.24) is 24.6 Å². The summed E-state index contributed by atoms with van der Waals surface area (Å²) in [6.07, 6.45) is 3.22. The molecule has 0 aliphatic rings. The molecule has 1 aromatic carbocycles. The lowest BCUT2D eigenvalue weighted by Crippen LogP contribution is -1.99. The van der Waals surface area contributed by atoms with Crippen molar-refractivity contribution in [3.63, 3.8) is 0 Å². The van der Waals surface area contributed by atoms with Gasteiger partial charge < -0.3 is 0 Å². The number of fused-ring (bicyclic) bond motifs is 2. The highest BCUT2D eigenvalue weighted by Crippen LogP contribution is 2.29. The highest BCUT2D eigenvalue weighted by molar-refractivity contribution is 6.44. The molecule has 3 aromatic heterocycles. The molecular weight excluding hydrogens is 357 g/mol. The van der Waals surface area contributed by atoms with E-state index in [1.54, 1.807) is 12.3 Å². The van der Waals surface area contributed by atoms with Crippen LogP contribution in [-0.2, 0) is 12.8 Å². The van der Waals surface area contributed by atoms with Crippen molar-refractivity contribution >= 4 is 39.8 Å². The third-order valence-electron chi connectivity index (χ3n) is 4.17. The molecular formula is C18H15Cl2N5. The molecule has 0 N–H and O–H groups in total. The fourth-order valence-corrected chi connectivity index (χ4v) is 3.16. The van der Waals surface area contributed by atoms with Gasteiger partial charge in [0.25, 0.3) is 0 Å². The van der Waals surface area contributed by atoms with E-state index >= 15 is 0 Å². The van der Waals surface area contributed by atoms with Crippen molar-refractivity contribution in [2.45, 2.75) is 26.7 Å². The van der Waals surface area contributed by atoms with Crippen molar-refractivity contribution in [1.29, 1.82) is 0 Å². The lowest BCUT2D eigenvalue weighted by atomic mass is 10.1. The average Bonchev–Trinajstić information content (AvgIpc) is 3.05. The molecule has 0 unspecified atom stereocenters. The van der Waals surface area contributed by atoms with Crippen LogP contribution < -0.4 is 0 Å². The monoisotopic (exact) mass is 371 g/mol. The first-order valence-corrected chi connectivity index (χ1v) is 8.70. The summed E-state index contributed by atoms with van der Waals surface area (Å²) in [5.74, 6) is 0.776. The molecule has 7 heteroatoms. The maximum absolute atomic E-state index is 6.27. The quantitative estimate of drug-likeness (QED) is 0.536. The third kappa shape index (κ3) is 2.94. The van der Waals surface area contributed by atoms with Crippen LogP contribution in [0.4, 0.5) is 0 Å². The second kappa shape index (κ2) is 6.24. The summed E-state index contributed by atoms with van der Waals surface area (Å²) in [6.45, 7) is 3.90. The molecule has 0 saturated heterocycles. The SMILES string of the molecule is Cc1ncc(C)n2nc(CCc3ccc4ccc(Cl)c(Cl)c4n3)nc12. The Kier molecular flexibility index (Phi) is 4.06. The number of pyridine rings is 1. The third-order valence-corrected chi connectivity index (χ3v) is 4.96. The minimum absolute atomic E-state index is 0.490. The maximum atomic E-state index is 6.27. The lowest BCUT2D eigenvalue weighted by Gasteiger charge is -2.04.